The van der Waals surface area contributed by atoms with E-state index in [1.54, 1.807) is 12.3 Å². The highest BCUT2D eigenvalue weighted by Gasteiger charge is 2.09. The summed E-state index contributed by atoms with van der Waals surface area (Å²) in [6.45, 7) is 10.0. The molecule has 102 valence electrons. The van der Waals surface area contributed by atoms with Gasteiger partial charge in [-0.1, -0.05) is 6.92 Å². The van der Waals surface area contributed by atoms with E-state index < -0.39 is 0 Å². The Morgan fingerprint density at radius 3 is 2.72 bits per heavy atom. The van der Waals surface area contributed by atoms with Gasteiger partial charge in [0.2, 0.25) is 11.8 Å². The Hall–Kier alpha value is -1.36. The molecule has 0 radical (unpaired) electrons. The van der Waals surface area contributed by atoms with Gasteiger partial charge in [-0.25, -0.2) is 4.98 Å². The maximum absolute atomic E-state index is 5.56. The fourth-order valence-corrected chi connectivity index (χ4v) is 1.24. The number of nitrogens with zero attached hydrogens (tertiary/aromatic N) is 2. The van der Waals surface area contributed by atoms with Gasteiger partial charge >= 0.3 is 0 Å². The number of rotatable bonds is 7. The summed E-state index contributed by atoms with van der Waals surface area (Å²) >= 11 is 0. The largest absolute Gasteiger partial charge is 0.475 e. The van der Waals surface area contributed by atoms with Crippen molar-refractivity contribution in [1.29, 1.82) is 0 Å². The van der Waals surface area contributed by atoms with Crippen LogP contribution in [-0.2, 0) is 4.74 Å². The molecule has 0 spiro atoms. The number of nitrogens with one attached hydrogen (secondary N) is 1. The van der Waals surface area contributed by atoms with Crippen molar-refractivity contribution in [2.45, 2.75) is 39.7 Å². The monoisotopic (exact) mass is 253 g/mol. The molecule has 18 heavy (non-hydrogen) atoms. The van der Waals surface area contributed by atoms with E-state index in [4.69, 9.17) is 9.47 Å². The Morgan fingerprint density at radius 1 is 1.28 bits per heavy atom. The lowest BCUT2D eigenvalue weighted by atomic mass is 10.2. The van der Waals surface area contributed by atoms with Gasteiger partial charge in [-0.2, -0.15) is 4.98 Å². The summed E-state index contributed by atoms with van der Waals surface area (Å²) in [6.07, 6.45) is 2.72. The van der Waals surface area contributed by atoms with E-state index in [0.29, 0.717) is 25.0 Å². The highest BCUT2D eigenvalue weighted by atomic mass is 16.5. The van der Waals surface area contributed by atoms with Crippen molar-refractivity contribution in [3.63, 3.8) is 0 Å². The summed E-state index contributed by atoms with van der Waals surface area (Å²) in [5.74, 6) is 1.17. The van der Waals surface area contributed by atoms with Crippen molar-refractivity contribution >= 4 is 5.95 Å². The first kappa shape index (κ1) is 14.7. The molecule has 1 aromatic heterocycles. The molecule has 0 aromatic carbocycles. The Bertz CT molecular complexity index is 350. The molecule has 0 aliphatic carbocycles. The highest BCUT2D eigenvalue weighted by Crippen LogP contribution is 2.09. The molecule has 0 aliphatic rings. The summed E-state index contributed by atoms with van der Waals surface area (Å²) in [5, 5.41) is 3.12. The molecule has 0 aliphatic heterocycles. The van der Waals surface area contributed by atoms with Crippen LogP contribution in [0.1, 0.15) is 34.1 Å². The molecule has 0 saturated heterocycles. The van der Waals surface area contributed by atoms with Crippen LogP contribution in [0.2, 0.25) is 0 Å². The average molecular weight is 253 g/mol. The number of anilines is 1. The van der Waals surface area contributed by atoms with Crippen molar-refractivity contribution < 1.29 is 9.47 Å². The lowest BCUT2D eigenvalue weighted by molar-refractivity contribution is -0.0168. The quantitative estimate of drug-likeness (QED) is 0.757. The van der Waals surface area contributed by atoms with Gasteiger partial charge in [0.15, 0.2) is 0 Å². The zero-order valence-electron chi connectivity index (χ0n) is 11.7. The van der Waals surface area contributed by atoms with Crippen LogP contribution in [0.5, 0.6) is 5.88 Å². The van der Waals surface area contributed by atoms with Crippen LogP contribution >= 0.6 is 0 Å². The van der Waals surface area contributed by atoms with Crippen LogP contribution in [0.4, 0.5) is 5.95 Å². The Kier molecular flexibility index (Phi) is 5.85. The van der Waals surface area contributed by atoms with Gasteiger partial charge in [-0.15, -0.1) is 0 Å². The fourth-order valence-electron chi connectivity index (χ4n) is 1.24. The van der Waals surface area contributed by atoms with E-state index in [9.17, 15) is 0 Å². The third-order valence-corrected chi connectivity index (χ3v) is 2.03. The summed E-state index contributed by atoms with van der Waals surface area (Å²) in [6, 6.07) is 1.74. The lowest BCUT2D eigenvalue weighted by Gasteiger charge is -2.19. The molecule has 5 heteroatoms. The second-order valence-electron chi connectivity index (χ2n) is 4.95. The predicted octanol–water partition coefficient (Wildman–Crippen LogP) is 2.49. The predicted molar refractivity (Wildman–Crippen MR) is 72.0 cm³/mol. The number of hydrogen-bond acceptors (Lipinski definition) is 5. The molecule has 5 nitrogen and oxygen atoms in total. The molecular weight excluding hydrogens is 230 g/mol. The average Bonchev–Trinajstić information content (AvgIpc) is 2.31. The van der Waals surface area contributed by atoms with Crippen molar-refractivity contribution in [2.75, 3.05) is 25.1 Å². The molecule has 1 N–H and O–H groups in total. The molecule has 0 bridgehead atoms. The van der Waals surface area contributed by atoms with Crippen LogP contribution in [0.15, 0.2) is 12.3 Å². The molecule has 1 heterocycles. The van der Waals surface area contributed by atoms with E-state index in [1.807, 2.05) is 20.8 Å². The van der Waals surface area contributed by atoms with Gasteiger partial charge in [0.1, 0.15) is 6.61 Å². The van der Waals surface area contributed by atoms with Gasteiger partial charge in [0.25, 0.3) is 0 Å². The first-order valence-corrected chi connectivity index (χ1v) is 6.35. The molecular formula is C13H23N3O2. The van der Waals surface area contributed by atoms with E-state index >= 15 is 0 Å². The molecule has 0 saturated carbocycles. The SMILES string of the molecule is CCCNc1nccc(OCCOC(C)(C)C)n1. The second kappa shape index (κ2) is 7.16. The first-order chi connectivity index (χ1) is 8.51. The summed E-state index contributed by atoms with van der Waals surface area (Å²) in [7, 11) is 0. The maximum atomic E-state index is 5.56. The minimum absolute atomic E-state index is 0.136. The van der Waals surface area contributed by atoms with Crippen molar-refractivity contribution in [1.82, 2.24) is 9.97 Å². The van der Waals surface area contributed by atoms with E-state index in [-0.39, 0.29) is 5.60 Å². The van der Waals surface area contributed by atoms with Gasteiger partial charge < -0.3 is 14.8 Å². The van der Waals surface area contributed by atoms with Gasteiger partial charge in [0, 0.05) is 18.8 Å². The Labute approximate surface area is 109 Å². The summed E-state index contributed by atoms with van der Waals surface area (Å²) in [5.41, 5.74) is -0.136. The maximum Gasteiger partial charge on any atom is 0.225 e. The van der Waals surface area contributed by atoms with Gasteiger partial charge in [-0.05, 0) is 27.2 Å². The summed E-state index contributed by atoms with van der Waals surface area (Å²) < 4.78 is 11.1. The molecule has 0 atom stereocenters. The molecule has 0 amide bonds. The minimum Gasteiger partial charge on any atom is -0.475 e. The zero-order chi connectivity index (χ0) is 13.4. The third-order valence-electron chi connectivity index (χ3n) is 2.03. The van der Waals surface area contributed by atoms with Crippen LogP contribution in [0.25, 0.3) is 0 Å². The smallest absolute Gasteiger partial charge is 0.225 e. The van der Waals surface area contributed by atoms with E-state index in [2.05, 4.69) is 22.2 Å². The van der Waals surface area contributed by atoms with Crippen molar-refractivity contribution in [3.05, 3.63) is 12.3 Å². The first-order valence-electron chi connectivity index (χ1n) is 6.35. The molecule has 1 rings (SSSR count). The Morgan fingerprint density at radius 2 is 2.06 bits per heavy atom. The van der Waals surface area contributed by atoms with Crippen LogP contribution < -0.4 is 10.1 Å². The van der Waals surface area contributed by atoms with Gasteiger partial charge in [-0.3, -0.25) is 0 Å². The minimum atomic E-state index is -0.136. The van der Waals surface area contributed by atoms with Gasteiger partial charge in [0.05, 0.1) is 12.2 Å². The zero-order valence-corrected chi connectivity index (χ0v) is 11.7. The number of aromatic nitrogens is 2. The van der Waals surface area contributed by atoms with Crippen molar-refractivity contribution in [3.8, 4) is 5.88 Å². The lowest BCUT2D eigenvalue weighted by Crippen LogP contribution is -2.22. The van der Waals surface area contributed by atoms with Crippen LogP contribution in [-0.4, -0.2) is 35.3 Å². The standard InChI is InChI=1S/C13H23N3O2/c1-5-7-14-12-15-8-6-11(16-12)17-9-10-18-13(2,3)4/h6,8H,5,7,9-10H2,1-4H3,(H,14,15,16). The Balaban J connectivity index is 2.33. The third kappa shape index (κ3) is 6.39. The van der Waals surface area contributed by atoms with Crippen LogP contribution in [0, 0.1) is 0 Å². The summed E-state index contributed by atoms with van der Waals surface area (Å²) in [4.78, 5) is 8.36. The van der Waals surface area contributed by atoms with Crippen LogP contribution in [0.3, 0.4) is 0 Å². The number of hydrogen-bond donors (Lipinski definition) is 1. The molecule has 0 unspecified atom stereocenters. The number of ether oxygens (including phenoxy) is 2. The second-order valence-corrected chi connectivity index (χ2v) is 4.95. The fraction of sp³-hybridized carbons (Fsp3) is 0.692. The van der Waals surface area contributed by atoms with E-state index in [1.165, 1.54) is 0 Å². The molecule has 0 fully saturated rings. The van der Waals surface area contributed by atoms with E-state index in [0.717, 1.165) is 13.0 Å². The topological polar surface area (TPSA) is 56.3 Å². The highest BCUT2D eigenvalue weighted by molar-refractivity contribution is 5.27. The normalized spacial score (nSPS) is 11.3. The van der Waals surface area contributed by atoms with Crippen molar-refractivity contribution in [2.24, 2.45) is 0 Å². The molecule has 1 aromatic rings.